The SMILES string of the molecule is Cc1ccc(O)c(-c2cc(-c3c(F)cccc3Cl)cc(NCC(O)CO)n2)c1. The number of halogens is 2. The Balaban J connectivity index is 2.15. The van der Waals surface area contributed by atoms with E-state index in [4.69, 9.17) is 16.7 Å². The fourth-order valence-electron chi connectivity index (χ4n) is 2.82. The monoisotopic (exact) mass is 402 g/mol. The molecule has 1 unspecified atom stereocenters. The highest BCUT2D eigenvalue weighted by Crippen LogP contribution is 2.36. The number of nitrogens with zero attached hydrogens (tertiary/aromatic N) is 1. The largest absolute Gasteiger partial charge is 0.507 e. The molecule has 7 heteroatoms. The number of benzene rings is 2. The van der Waals surface area contributed by atoms with E-state index in [2.05, 4.69) is 10.3 Å². The predicted octanol–water partition coefficient (Wildman–Crippen LogP) is 3.99. The number of rotatable bonds is 6. The number of aryl methyl sites for hydroxylation is 1. The zero-order valence-corrected chi connectivity index (χ0v) is 15.9. The van der Waals surface area contributed by atoms with Crippen molar-refractivity contribution in [3.63, 3.8) is 0 Å². The van der Waals surface area contributed by atoms with Crippen molar-refractivity contribution in [3.05, 3.63) is 64.9 Å². The van der Waals surface area contributed by atoms with Crippen LogP contribution in [0.25, 0.3) is 22.4 Å². The molecule has 1 atom stereocenters. The van der Waals surface area contributed by atoms with E-state index in [1.165, 1.54) is 12.1 Å². The van der Waals surface area contributed by atoms with Crippen LogP contribution in [0, 0.1) is 12.7 Å². The van der Waals surface area contributed by atoms with Crippen molar-refractivity contribution in [3.8, 4) is 28.1 Å². The van der Waals surface area contributed by atoms with Crippen LogP contribution in [-0.4, -0.2) is 39.6 Å². The quantitative estimate of drug-likeness (QED) is 0.501. The van der Waals surface area contributed by atoms with Crippen molar-refractivity contribution in [2.45, 2.75) is 13.0 Å². The summed E-state index contributed by atoms with van der Waals surface area (Å²) in [4.78, 5) is 4.47. The molecule has 0 amide bonds. The molecule has 3 aromatic rings. The molecule has 0 aliphatic rings. The Bertz CT molecular complexity index is 977. The highest BCUT2D eigenvalue weighted by molar-refractivity contribution is 6.33. The van der Waals surface area contributed by atoms with E-state index in [9.17, 15) is 14.6 Å². The Morgan fingerprint density at radius 1 is 1.18 bits per heavy atom. The molecule has 0 aliphatic heterocycles. The first-order valence-electron chi connectivity index (χ1n) is 8.68. The van der Waals surface area contributed by atoms with E-state index in [-0.39, 0.29) is 22.9 Å². The summed E-state index contributed by atoms with van der Waals surface area (Å²) in [5.41, 5.74) is 2.51. The number of nitrogens with one attached hydrogen (secondary N) is 1. The van der Waals surface area contributed by atoms with Crippen LogP contribution in [0.4, 0.5) is 10.2 Å². The molecule has 0 spiro atoms. The van der Waals surface area contributed by atoms with Crippen LogP contribution in [0.15, 0.2) is 48.5 Å². The molecule has 0 fully saturated rings. The number of aromatic nitrogens is 1. The number of phenolic OH excluding ortho intramolecular Hbond substituents is 1. The van der Waals surface area contributed by atoms with Crippen molar-refractivity contribution in [2.75, 3.05) is 18.5 Å². The molecular weight excluding hydrogens is 383 g/mol. The molecule has 0 saturated heterocycles. The van der Waals surface area contributed by atoms with E-state index >= 15 is 0 Å². The van der Waals surface area contributed by atoms with Gasteiger partial charge in [-0.3, -0.25) is 0 Å². The van der Waals surface area contributed by atoms with Gasteiger partial charge in [0.15, 0.2) is 0 Å². The average molecular weight is 403 g/mol. The van der Waals surface area contributed by atoms with Crippen molar-refractivity contribution in [2.24, 2.45) is 0 Å². The third-order valence-corrected chi connectivity index (χ3v) is 4.55. The van der Waals surface area contributed by atoms with Crippen molar-refractivity contribution >= 4 is 17.4 Å². The lowest BCUT2D eigenvalue weighted by Crippen LogP contribution is -2.23. The topological polar surface area (TPSA) is 85.6 Å². The molecule has 1 heterocycles. The molecule has 4 N–H and O–H groups in total. The van der Waals surface area contributed by atoms with E-state index in [0.717, 1.165) is 5.56 Å². The van der Waals surface area contributed by atoms with Crippen LogP contribution < -0.4 is 5.32 Å². The lowest BCUT2D eigenvalue weighted by atomic mass is 10.0. The number of pyridine rings is 1. The van der Waals surface area contributed by atoms with Gasteiger partial charge in [0, 0.05) is 17.7 Å². The first-order chi connectivity index (χ1) is 13.4. The molecule has 2 aromatic carbocycles. The molecule has 5 nitrogen and oxygen atoms in total. The second-order valence-corrected chi connectivity index (χ2v) is 6.87. The lowest BCUT2D eigenvalue weighted by Gasteiger charge is -2.15. The smallest absolute Gasteiger partial charge is 0.132 e. The first-order valence-corrected chi connectivity index (χ1v) is 9.06. The minimum Gasteiger partial charge on any atom is -0.507 e. The van der Waals surface area contributed by atoms with E-state index in [1.807, 2.05) is 6.92 Å². The molecule has 1 aromatic heterocycles. The second-order valence-electron chi connectivity index (χ2n) is 6.46. The Kier molecular flexibility index (Phi) is 6.14. The van der Waals surface area contributed by atoms with Gasteiger partial charge >= 0.3 is 0 Å². The number of hydrogen-bond donors (Lipinski definition) is 4. The molecule has 0 radical (unpaired) electrons. The minimum absolute atomic E-state index is 0.0382. The lowest BCUT2D eigenvalue weighted by molar-refractivity contribution is 0.105. The summed E-state index contributed by atoms with van der Waals surface area (Å²) in [6.45, 7) is 1.53. The van der Waals surface area contributed by atoms with Crippen molar-refractivity contribution in [1.82, 2.24) is 4.98 Å². The highest BCUT2D eigenvalue weighted by Gasteiger charge is 2.15. The molecule has 28 heavy (non-hydrogen) atoms. The van der Waals surface area contributed by atoms with Gasteiger partial charge in [0.1, 0.15) is 17.4 Å². The number of aliphatic hydroxyl groups excluding tert-OH is 2. The Labute approximate surface area is 167 Å². The van der Waals surface area contributed by atoms with Gasteiger partial charge in [-0.1, -0.05) is 29.3 Å². The molecule has 0 saturated carbocycles. The Morgan fingerprint density at radius 3 is 2.68 bits per heavy atom. The second kappa shape index (κ2) is 8.56. The molecule has 0 bridgehead atoms. The van der Waals surface area contributed by atoms with E-state index in [1.54, 1.807) is 36.4 Å². The standard InChI is InChI=1S/C21H20ClFN2O3/c1-12-5-6-19(28)15(7-12)18-8-13(21-16(22)3-2-4-17(21)23)9-20(25-18)24-10-14(27)11-26/h2-9,14,26-28H,10-11H2,1H3,(H,24,25). The normalized spacial score (nSPS) is 12.0. The summed E-state index contributed by atoms with van der Waals surface area (Å²) >= 11 is 6.22. The van der Waals surface area contributed by atoms with Crippen LogP contribution in [-0.2, 0) is 0 Å². The Morgan fingerprint density at radius 2 is 1.96 bits per heavy atom. The van der Waals surface area contributed by atoms with Gasteiger partial charge in [0.2, 0.25) is 0 Å². The zero-order valence-electron chi connectivity index (χ0n) is 15.2. The first kappa shape index (κ1) is 20.1. The fraction of sp³-hybridized carbons (Fsp3) is 0.190. The predicted molar refractivity (Wildman–Crippen MR) is 108 cm³/mol. The van der Waals surface area contributed by atoms with Gasteiger partial charge in [0.05, 0.1) is 23.4 Å². The van der Waals surface area contributed by atoms with Crippen molar-refractivity contribution in [1.29, 1.82) is 0 Å². The number of aliphatic hydroxyl groups is 2. The number of hydrogen-bond acceptors (Lipinski definition) is 5. The fourth-order valence-corrected chi connectivity index (χ4v) is 3.09. The van der Waals surface area contributed by atoms with Crippen LogP contribution in [0.3, 0.4) is 0 Å². The summed E-state index contributed by atoms with van der Waals surface area (Å²) < 4.78 is 14.5. The van der Waals surface area contributed by atoms with Crippen LogP contribution in [0.1, 0.15) is 5.56 Å². The van der Waals surface area contributed by atoms with Crippen LogP contribution in [0.5, 0.6) is 5.75 Å². The van der Waals surface area contributed by atoms with Gasteiger partial charge in [-0.25, -0.2) is 9.37 Å². The van der Waals surface area contributed by atoms with Crippen LogP contribution in [0.2, 0.25) is 5.02 Å². The maximum atomic E-state index is 14.5. The highest BCUT2D eigenvalue weighted by atomic mass is 35.5. The minimum atomic E-state index is -0.974. The van der Waals surface area contributed by atoms with Gasteiger partial charge in [-0.05, 0) is 48.9 Å². The summed E-state index contributed by atoms with van der Waals surface area (Å²) in [7, 11) is 0. The summed E-state index contributed by atoms with van der Waals surface area (Å²) in [6, 6.07) is 12.8. The number of aromatic hydroxyl groups is 1. The van der Waals surface area contributed by atoms with Gasteiger partial charge < -0.3 is 20.6 Å². The Hall–Kier alpha value is -2.67. The molecular formula is C21H20ClFN2O3. The van der Waals surface area contributed by atoms with E-state index in [0.29, 0.717) is 22.6 Å². The molecule has 3 rings (SSSR count). The average Bonchev–Trinajstić information content (AvgIpc) is 2.67. The summed E-state index contributed by atoms with van der Waals surface area (Å²) in [5.74, 6) is -0.101. The third-order valence-electron chi connectivity index (χ3n) is 4.23. The molecule has 0 aliphatic carbocycles. The number of phenols is 1. The maximum Gasteiger partial charge on any atom is 0.132 e. The maximum absolute atomic E-state index is 14.5. The van der Waals surface area contributed by atoms with Gasteiger partial charge in [0.25, 0.3) is 0 Å². The number of anilines is 1. The zero-order chi connectivity index (χ0) is 20.3. The summed E-state index contributed by atoms with van der Waals surface area (Å²) in [5, 5.41) is 32.0. The van der Waals surface area contributed by atoms with E-state index < -0.39 is 18.5 Å². The van der Waals surface area contributed by atoms with Crippen molar-refractivity contribution < 1.29 is 19.7 Å². The summed E-state index contributed by atoms with van der Waals surface area (Å²) in [6.07, 6.45) is -0.974. The van der Waals surface area contributed by atoms with Gasteiger partial charge in [-0.2, -0.15) is 0 Å². The van der Waals surface area contributed by atoms with Crippen LogP contribution >= 0.6 is 11.6 Å². The molecule has 146 valence electrons. The third kappa shape index (κ3) is 4.42. The van der Waals surface area contributed by atoms with Gasteiger partial charge in [-0.15, -0.1) is 0 Å².